The van der Waals surface area contributed by atoms with Crippen molar-refractivity contribution in [3.05, 3.63) is 59.9 Å². The van der Waals surface area contributed by atoms with E-state index in [0.29, 0.717) is 34.4 Å². The average Bonchev–Trinajstić information content (AvgIpc) is 3.17. The van der Waals surface area contributed by atoms with E-state index in [0.717, 1.165) is 11.5 Å². The number of amides is 1. The molecule has 1 aliphatic heterocycles. The molecular weight excluding hydrogens is 370 g/mol. The van der Waals surface area contributed by atoms with Crippen molar-refractivity contribution < 1.29 is 14.3 Å². The second kappa shape index (κ2) is 7.67. The molecule has 0 radical (unpaired) electrons. The van der Waals surface area contributed by atoms with E-state index >= 15 is 0 Å². The van der Waals surface area contributed by atoms with Crippen molar-refractivity contribution in [2.45, 2.75) is 6.92 Å². The highest BCUT2D eigenvalue weighted by molar-refractivity contribution is 6.04. The molecule has 148 valence electrons. The van der Waals surface area contributed by atoms with Crippen LogP contribution in [0, 0.1) is 6.92 Å². The molecule has 0 saturated carbocycles. The van der Waals surface area contributed by atoms with Crippen molar-refractivity contribution in [2.24, 2.45) is 0 Å². The summed E-state index contributed by atoms with van der Waals surface area (Å²) in [7, 11) is 3.87. The topological polar surface area (TPSA) is 88.6 Å². The van der Waals surface area contributed by atoms with Crippen LogP contribution in [-0.4, -0.2) is 36.8 Å². The molecule has 0 unspecified atom stereocenters. The second-order valence-electron chi connectivity index (χ2n) is 6.78. The maximum absolute atomic E-state index is 12.5. The lowest BCUT2D eigenvalue weighted by atomic mass is 10.2. The number of rotatable bonds is 5. The third-order valence-corrected chi connectivity index (χ3v) is 4.33. The van der Waals surface area contributed by atoms with Gasteiger partial charge in [0.05, 0.1) is 0 Å². The first kappa shape index (κ1) is 18.5. The van der Waals surface area contributed by atoms with Gasteiger partial charge < -0.3 is 25.0 Å². The van der Waals surface area contributed by atoms with Gasteiger partial charge in [-0.15, -0.1) is 0 Å². The van der Waals surface area contributed by atoms with E-state index in [-0.39, 0.29) is 12.7 Å². The van der Waals surface area contributed by atoms with Crippen LogP contribution in [0.25, 0.3) is 0 Å². The smallest absolute Gasteiger partial charge is 0.255 e. The Morgan fingerprint density at radius 3 is 2.45 bits per heavy atom. The van der Waals surface area contributed by atoms with Gasteiger partial charge in [0.2, 0.25) is 6.79 Å². The zero-order chi connectivity index (χ0) is 20.4. The van der Waals surface area contributed by atoms with E-state index in [1.54, 1.807) is 18.2 Å². The van der Waals surface area contributed by atoms with Gasteiger partial charge in [0.15, 0.2) is 11.5 Å². The molecule has 1 amide bonds. The van der Waals surface area contributed by atoms with Gasteiger partial charge >= 0.3 is 0 Å². The Bertz CT molecular complexity index is 1050. The Hall–Kier alpha value is -3.81. The Kier molecular flexibility index (Phi) is 4.90. The number of carbonyl (C=O) groups excluding carboxylic acids is 1. The van der Waals surface area contributed by atoms with Gasteiger partial charge in [-0.1, -0.05) is 0 Å². The fourth-order valence-electron chi connectivity index (χ4n) is 2.87. The number of aromatic nitrogens is 2. The molecule has 8 nitrogen and oxygen atoms in total. The van der Waals surface area contributed by atoms with Crippen molar-refractivity contribution in [1.29, 1.82) is 0 Å². The van der Waals surface area contributed by atoms with Gasteiger partial charge in [-0.25, -0.2) is 9.97 Å². The van der Waals surface area contributed by atoms with E-state index in [9.17, 15) is 4.79 Å². The van der Waals surface area contributed by atoms with Crippen LogP contribution in [-0.2, 0) is 0 Å². The van der Waals surface area contributed by atoms with Crippen LogP contribution in [0.3, 0.4) is 0 Å². The summed E-state index contributed by atoms with van der Waals surface area (Å²) in [6.45, 7) is 2.03. The molecule has 0 saturated heterocycles. The summed E-state index contributed by atoms with van der Waals surface area (Å²) in [5, 5.41) is 6.14. The minimum Gasteiger partial charge on any atom is -0.454 e. The maximum Gasteiger partial charge on any atom is 0.255 e. The summed E-state index contributed by atoms with van der Waals surface area (Å²) in [6, 6.07) is 14.4. The van der Waals surface area contributed by atoms with Crippen LogP contribution in [0.1, 0.15) is 16.2 Å². The number of hydrogen-bond donors (Lipinski definition) is 2. The Morgan fingerprint density at radius 1 is 0.966 bits per heavy atom. The number of nitrogens with one attached hydrogen (secondary N) is 2. The fourth-order valence-corrected chi connectivity index (χ4v) is 2.87. The molecule has 2 N–H and O–H groups in total. The molecule has 8 heteroatoms. The van der Waals surface area contributed by atoms with E-state index < -0.39 is 0 Å². The lowest BCUT2D eigenvalue weighted by Crippen LogP contribution is -2.12. The molecule has 2 heterocycles. The van der Waals surface area contributed by atoms with Crippen molar-refractivity contribution in [3.8, 4) is 11.5 Å². The zero-order valence-corrected chi connectivity index (χ0v) is 16.4. The number of nitrogens with zero attached hydrogens (tertiary/aromatic N) is 3. The number of carbonyl (C=O) groups is 1. The first-order valence-corrected chi connectivity index (χ1v) is 9.09. The molecule has 0 fully saturated rings. The predicted molar refractivity (Wildman–Crippen MR) is 111 cm³/mol. The van der Waals surface area contributed by atoms with Gasteiger partial charge in [-0.3, -0.25) is 4.79 Å². The number of fused-ring (bicyclic) bond motifs is 1. The molecule has 0 spiro atoms. The molecule has 0 bridgehead atoms. The quantitative estimate of drug-likeness (QED) is 0.687. The van der Waals surface area contributed by atoms with Crippen molar-refractivity contribution in [2.75, 3.05) is 36.4 Å². The van der Waals surface area contributed by atoms with Crippen molar-refractivity contribution in [1.82, 2.24) is 9.97 Å². The molecule has 1 aromatic heterocycles. The average molecular weight is 391 g/mol. The summed E-state index contributed by atoms with van der Waals surface area (Å²) in [5.41, 5.74) is 2.05. The highest BCUT2D eigenvalue weighted by Crippen LogP contribution is 2.32. The first-order valence-electron chi connectivity index (χ1n) is 9.09. The molecule has 3 aromatic rings. The first-order chi connectivity index (χ1) is 14.0. The van der Waals surface area contributed by atoms with Gasteiger partial charge in [0.1, 0.15) is 17.5 Å². The van der Waals surface area contributed by atoms with Crippen molar-refractivity contribution in [3.63, 3.8) is 0 Å². The molecule has 0 aliphatic carbocycles. The molecule has 0 atom stereocenters. The molecule has 2 aromatic carbocycles. The Balaban J connectivity index is 1.43. The van der Waals surface area contributed by atoms with Crippen LogP contribution in [0.15, 0.2) is 48.5 Å². The van der Waals surface area contributed by atoms with Gasteiger partial charge in [0, 0.05) is 37.1 Å². The fraction of sp³-hybridized carbons (Fsp3) is 0.190. The van der Waals surface area contributed by atoms with Crippen LogP contribution in [0.4, 0.5) is 23.0 Å². The SMILES string of the molecule is Cc1nc(Nc2ccc(NC(=O)c3ccc4c(c3)OCO4)cc2)cc(N(C)C)n1. The van der Waals surface area contributed by atoms with Crippen LogP contribution < -0.4 is 25.0 Å². The van der Waals surface area contributed by atoms with Gasteiger partial charge in [0.25, 0.3) is 5.91 Å². The summed E-state index contributed by atoms with van der Waals surface area (Å²) < 4.78 is 10.6. The van der Waals surface area contributed by atoms with Crippen LogP contribution in [0.5, 0.6) is 11.5 Å². The summed E-state index contributed by atoms with van der Waals surface area (Å²) >= 11 is 0. The normalized spacial score (nSPS) is 11.8. The van der Waals surface area contributed by atoms with Crippen LogP contribution in [0.2, 0.25) is 0 Å². The van der Waals surface area contributed by atoms with E-state index in [4.69, 9.17) is 9.47 Å². The number of ether oxygens (including phenoxy) is 2. The van der Waals surface area contributed by atoms with Crippen LogP contribution >= 0.6 is 0 Å². The standard InChI is InChI=1S/C21H21N5O3/c1-13-22-19(11-20(23-13)26(2)3)24-15-5-7-16(8-6-15)25-21(27)14-4-9-17-18(10-14)29-12-28-17/h4-11H,12H2,1-3H3,(H,25,27)(H,22,23,24). The third kappa shape index (κ3) is 4.21. The summed E-state index contributed by atoms with van der Waals surface area (Å²) in [4.78, 5) is 23.2. The molecular formula is C21H21N5O3. The Morgan fingerprint density at radius 2 is 1.69 bits per heavy atom. The van der Waals surface area contributed by atoms with E-state index in [2.05, 4.69) is 20.6 Å². The zero-order valence-electron chi connectivity index (χ0n) is 16.4. The highest BCUT2D eigenvalue weighted by Gasteiger charge is 2.16. The third-order valence-electron chi connectivity index (χ3n) is 4.33. The summed E-state index contributed by atoms with van der Waals surface area (Å²) in [6.07, 6.45) is 0. The minimum absolute atomic E-state index is 0.177. The van der Waals surface area contributed by atoms with Crippen molar-refractivity contribution >= 4 is 28.9 Å². The Labute approximate surface area is 168 Å². The number of hydrogen-bond acceptors (Lipinski definition) is 7. The number of benzene rings is 2. The van der Waals surface area contributed by atoms with Gasteiger partial charge in [-0.2, -0.15) is 0 Å². The molecule has 4 rings (SSSR count). The van der Waals surface area contributed by atoms with E-state index in [1.807, 2.05) is 56.3 Å². The second-order valence-corrected chi connectivity index (χ2v) is 6.78. The summed E-state index contributed by atoms with van der Waals surface area (Å²) in [5.74, 6) is 3.23. The number of anilines is 4. The lowest BCUT2D eigenvalue weighted by molar-refractivity contribution is 0.102. The minimum atomic E-state index is -0.217. The largest absolute Gasteiger partial charge is 0.454 e. The van der Waals surface area contributed by atoms with E-state index in [1.165, 1.54) is 0 Å². The van der Waals surface area contributed by atoms with Gasteiger partial charge in [-0.05, 0) is 49.4 Å². The molecule has 1 aliphatic rings. The number of aryl methyl sites for hydroxylation is 1. The monoisotopic (exact) mass is 391 g/mol. The predicted octanol–water partition coefficient (Wildman–Crippen LogP) is 3.58. The lowest BCUT2D eigenvalue weighted by Gasteiger charge is -2.14. The molecule has 29 heavy (non-hydrogen) atoms. The highest BCUT2D eigenvalue weighted by atomic mass is 16.7. The maximum atomic E-state index is 12.5.